The van der Waals surface area contributed by atoms with Crippen molar-refractivity contribution in [2.45, 2.75) is 24.1 Å². The number of thioether (sulfide) groups is 1. The summed E-state index contributed by atoms with van der Waals surface area (Å²) in [5, 5.41) is 9.54. The minimum Gasteiger partial charge on any atom is -0.348 e. The second-order valence-corrected chi connectivity index (χ2v) is 8.38. The highest BCUT2D eigenvalue weighted by Crippen LogP contribution is 2.25. The molecule has 0 radical (unpaired) electrons. The molecule has 9 heteroatoms. The number of aromatic nitrogens is 2. The van der Waals surface area contributed by atoms with Crippen molar-refractivity contribution >= 4 is 29.3 Å². The molecular formula is C25H21FN4O3S. The lowest BCUT2D eigenvalue weighted by Crippen LogP contribution is -2.23. The zero-order valence-electron chi connectivity index (χ0n) is 18.2. The van der Waals surface area contributed by atoms with Gasteiger partial charge in [0.05, 0.1) is 11.3 Å². The van der Waals surface area contributed by atoms with Gasteiger partial charge in [0.25, 0.3) is 11.8 Å². The van der Waals surface area contributed by atoms with Crippen LogP contribution < -0.4 is 10.6 Å². The van der Waals surface area contributed by atoms with Crippen molar-refractivity contribution in [3.63, 3.8) is 0 Å². The fourth-order valence-corrected chi connectivity index (χ4v) is 4.08. The molecular weight excluding hydrogens is 455 g/mol. The molecule has 4 rings (SSSR count). The van der Waals surface area contributed by atoms with Gasteiger partial charge in [0.1, 0.15) is 5.82 Å². The van der Waals surface area contributed by atoms with Crippen molar-refractivity contribution in [1.82, 2.24) is 15.5 Å². The predicted octanol–water partition coefficient (Wildman–Crippen LogP) is 4.99. The summed E-state index contributed by atoms with van der Waals surface area (Å²) in [7, 11) is 0. The molecule has 0 bridgehead atoms. The fourth-order valence-electron chi connectivity index (χ4n) is 3.19. The van der Waals surface area contributed by atoms with Crippen LogP contribution in [0.2, 0.25) is 0 Å². The minimum atomic E-state index is -0.477. The van der Waals surface area contributed by atoms with Gasteiger partial charge >= 0.3 is 0 Å². The first-order chi connectivity index (χ1) is 16.5. The van der Waals surface area contributed by atoms with Gasteiger partial charge in [0.15, 0.2) is 5.82 Å². The molecule has 0 saturated carbocycles. The second kappa shape index (κ2) is 10.8. The summed E-state index contributed by atoms with van der Waals surface area (Å²) >= 11 is 1.45. The lowest BCUT2D eigenvalue weighted by molar-refractivity contribution is 0.0947. The van der Waals surface area contributed by atoms with Crippen LogP contribution in [0.5, 0.6) is 0 Å². The molecule has 0 saturated heterocycles. The zero-order chi connectivity index (χ0) is 23.9. The van der Waals surface area contributed by atoms with Crippen LogP contribution in [0, 0.1) is 12.7 Å². The summed E-state index contributed by atoms with van der Waals surface area (Å²) in [6.45, 7) is 2.00. The van der Waals surface area contributed by atoms with E-state index in [0.717, 1.165) is 10.5 Å². The number of benzene rings is 3. The van der Waals surface area contributed by atoms with E-state index in [0.29, 0.717) is 28.7 Å². The number of hydrogen-bond acceptors (Lipinski definition) is 6. The van der Waals surface area contributed by atoms with E-state index in [-0.39, 0.29) is 18.0 Å². The van der Waals surface area contributed by atoms with E-state index in [1.54, 1.807) is 37.3 Å². The van der Waals surface area contributed by atoms with Crippen LogP contribution in [0.3, 0.4) is 0 Å². The highest BCUT2D eigenvalue weighted by Gasteiger charge is 2.13. The van der Waals surface area contributed by atoms with Crippen LogP contribution in [0.15, 0.2) is 82.2 Å². The van der Waals surface area contributed by atoms with E-state index in [4.69, 9.17) is 4.52 Å². The monoisotopic (exact) mass is 476 g/mol. The Morgan fingerprint density at radius 2 is 1.82 bits per heavy atom. The molecule has 0 aliphatic carbocycles. The van der Waals surface area contributed by atoms with E-state index < -0.39 is 11.7 Å². The SMILES string of the molecule is Cc1nc(CSc2ccccc2C(=O)NCc2cccc(NC(=O)c3cccc(F)c3)c2)no1. The molecule has 172 valence electrons. The number of nitrogens with zero attached hydrogens (tertiary/aromatic N) is 2. The van der Waals surface area contributed by atoms with Crippen molar-refractivity contribution in [1.29, 1.82) is 0 Å². The smallest absolute Gasteiger partial charge is 0.255 e. The van der Waals surface area contributed by atoms with Gasteiger partial charge in [-0.2, -0.15) is 4.98 Å². The highest BCUT2D eigenvalue weighted by atomic mass is 32.2. The van der Waals surface area contributed by atoms with E-state index in [1.165, 1.54) is 36.0 Å². The van der Waals surface area contributed by atoms with Crippen molar-refractivity contribution in [2.24, 2.45) is 0 Å². The van der Waals surface area contributed by atoms with E-state index in [9.17, 15) is 14.0 Å². The average molecular weight is 477 g/mol. The summed E-state index contributed by atoms with van der Waals surface area (Å²) in [4.78, 5) is 30.2. The van der Waals surface area contributed by atoms with Crippen LogP contribution in [-0.2, 0) is 12.3 Å². The number of nitrogens with one attached hydrogen (secondary N) is 2. The van der Waals surface area contributed by atoms with Gasteiger partial charge < -0.3 is 15.2 Å². The summed E-state index contributed by atoms with van der Waals surface area (Å²) in [5.41, 5.74) is 2.12. The Balaban J connectivity index is 1.37. The lowest BCUT2D eigenvalue weighted by atomic mass is 10.1. The fraction of sp³-hybridized carbons (Fsp3) is 0.120. The molecule has 0 fully saturated rings. The lowest BCUT2D eigenvalue weighted by Gasteiger charge is -2.11. The van der Waals surface area contributed by atoms with Gasteiger partial charge in [0, 0.05) is 29.6 Å². The molecule has 0 aliphatic heterocycles. The first-order valence-corrected chi connectivity index (χ1v) is 11.4. The molecule has 7 nitrogen and oxygen atoms in total. The third-order valence-electron chi connectivity index (χ3n) is 4.78. The van der Waals surface area contributed by atoms with Gasteiger partial charge in [-0.25, -0.2) is 4.39 Å². The molecule has 3 aromatic carbocycles. The molecule has 1 heterocycles. The molecule has 2 amide bonds. The summed E-state index contributed by atoms with van der Waals surface area (Å²) in [5.74, 6) is 0.431. The Morgan fingerprint density at radius 1 is 1.00 bits per heavy atom. The van der Waals surface area contributed by atoms with Gasteiger partial charge in [-0.15, -0.1) is 11.8 Å². The number of aryl methyl sites for hydroxylation is 1. The third kappa shape index (κ3) is 6.08. The number of carbonyl (C=O) groups is 2. The van der Waals surface area contributed by atoms with Crippen LogP contribution in [0.25, 0.3) is 0 Å². The number of amides is 2. The number of rotatable bonds is 8. The topological polar surface area (TPSA) is 97.1 Å². The molecule has 1 aromatic heterocycles. The number of carbonyl (C=O) groups excluding carboxylic acids is 2. The standard InChI is InChI=1S/C25H21FN4O3S/c1-16-28-23(30-33-16)15-34-22-11-3-2-10-21(22)25(32)27-14-17-6-4-9-20(12-17)29-24(31)18-7-5-8-19(26)13-18/h2-13H,14-15H2,1H3,(H,27,32)(H,29,31). The summed E-state index contributed by atoms with van der Waals surface area (Å²) < 4.78 is 18.4. The quantitative estimate of drug-likeness (QED) is 0.348. The number of hydrogen-bond donors (Lipinski definition) is 2. The average Bonchev–Trinajstić information content (AvgIpc) is 3.26. The van der Waals surface area contributed by atoms with Gasteiger partial charge in [-0.1, -0.05) is 35.5 Å². The summed E-state index contributed by atoms with van der Waals surface area (Å²) in [6.07, 6.45) is 0. The first-order valence-electron chi connectivity index (χ1n) is 10.4. The largest absolute Gasteiger partial charge is 0.348 e. The van der Waals surface area contributed by atoms with Crippen LogP contribution in [0.1, 0.15) is 38.0 Å². The van der Waals surface area contributed by atoms with Gasteiger partial charge in [0.2, 0.25) is 5.89 Å². The Labute approximate surface area is 199 Å². The maximum Gasteiger partial charge on any atom is 0.255 e. The van der Waals surface area contributed by atoms with Crippen LogP contribution in [-0.4, -0.2) is 22.0 Å². The van der Waals surface area contributed by atoms with E-state index >= 15 is 0 Å². The zero-order valence-corrected chi connectivity index (χ0v) is 19.1. The predicted molar refractivity (Wildman–Crippen MR) is 127 cm³/mol. The maximum absolute atomic E-state index is 13.4. The Morgan fingerprint density at radius 3 is 2.62 bits per heavy atom. The number of anilines is 1. The first kappa shape index (κ1) is 23.2. The van der Waals surface area contributed by atoms with E-state index in [2.05, 4.69) is 20.8 Å². The highest BCUT2D eigenvalue weighted by molar-refractivity contribution is 7.98. The van der Waals surface area contributed by atoms with Crippen molar-refractivity contribution in [2.75, 3.05) is 5.32 Å². The second-order valence-electron chi connectivity index (χ2n) is 7.36. The molecule has 0 aliphatic rings. The van der Waals surface area contributed by atoms with E-state index in [1.807, 2.05) is 18.2 Å². The van der Waals surface area contributed by atoms with Crippen molar-refractivity contribution < 1.29 is 18.5 Å². The molecule has 0 spiro atoms. The normalized spacial score (nSPS) is 10.6. The molecule has 0 unspecified atom stereocenters. The Hall–Kier alpha value is -3.98. The van der Waals surface area contributed by atoms with Crippen LogP contribution in [0.4, 0.5) is 10.1 Å². The summed E-state index contributed by atoms with van der Waals surface area (Å²) in [6, 6.07) is 19.9. The molecule has 0 atom stereocenters. The molecule has 34 heavy (non-hydrogen) atoms. The Kier molecular flexibility index (Phi) is 7.34. The van der Waals surface area contributed by atoms with Gasteiger partial charge in [-0.05, 0) is 48.0 Å². The minimum absolute atomic E-state index is 0.221. The number of halogens is 1. The van der Waals surface area contributed by atoms with Crippen molar-refractivity contribution in [3.8, 4) is 0 Å². The Bertz CT molecular complexity index is 1320. The van der Waals surface area contributed by atoms with Crippen molar-refractivity contribution in [3.05, 3.63) is 107 Å². The van der Waals surface area contributed by atoms with Crippen LogP contribution >= 0.6 is 11.8 Å². The molecule has 4 aromatic rings. The maximum atomic E-state index is 13.4. The van der Waals surface area contributed by atoms with Gasteiger partial charge in [-0.3, -0.25) is 9.59 Å². The molecule has 2 N–H and O–H groups in total. The third-order valence-corrected chi connectivity index (χ3v) is 5.85.